The standard InChI is InChI=1S/C11H14BrNO/c1-14-10-4-3-8(7-9(10)12)11(13)5-2-6-11/h3-4,7H,2,5-6,13H2,1H3. The van der Waals surface area contributed by atoms with Gasteiger partial charge in [0, 0.05) is 5.54 Å². The van der Waals surface area contributed by atoms with Crippen molar-refractivity contribution in [2.75, 3.05) is 7.11 Å². The average molecular weight is 256 g/mol. The number of rotatable bonds is 2. The molecule has 0 radical (unpaired) electrons. The molecule has 0 atom stereocenters. The van der Waals surface area contributed by atoms with Crippen LogP contribution in [-0.4, -0.2) is 7.11 Å². The predicted octanol–water partition coefficient (Wildman–Crippen LogP) is 2.80. The van der Waals surface area contributed by atoms with Crippen LogP contribution in [-0.2, 0) is 5.54 Å². The molecule has 0 unspecified atom stereocenters. The maximum Gasteiger partial charge on any atom is 0.133 e. The summed E-state index contributed by atoms with van der Waals surface area (Å²) in [6.45, 7) is 0. The van der Waals surface area contributed by atoms with E-state index in [2.05, 4.69) is 28.1 Å². The molecule has 0 aliphatic heterocycles. The van der Waals surface area contributed by atoms with Gasteiger partial charge in [0.25, 0.3) is 0 Å². The van der Waals surface area contributed by atoms with E-state index < -0.39 is 0 Å². The van der Waals surface area contributed by atoms with E-state index in [9.17, 15) is 0 Å². The van der Waals surface area contributed by atoms with Crippen LogP contribution in [0.3, 0.4) is 0 Å². The first-order chi connectivity index (χ1) is 6.65. The van der Waals surface area contributed by atoms with Crippen molar-refractivity contribution in [3.8, 4) is 5.75 Å². The maximum atomic E-state index is 6.22. The lowest BCUT2D eigenvalue weighted by atomic mass is 9.73. The van der Waals surface area contributed by atoms with Crippen LogP contribution in [0.1, 0.15) is 24.8 Å². The lowest BCUT2D eigenvalue weighted by molar-refractivity contribution is 0.253. The molecule has 1 aliphatic rings. The van der Waals surface area contributed by atoms with E-state index in [4.69, 9.17) is 10.5 Å². The number of halogens is 1. The van der Waals surface area contributed by atoms with Gasteiger partial charge in [0.1, 0.15) is 5.75 Å². The van der Waals surface area contributed by atoms with Crippen LogP contribution in [0.5, 0.6) is 5.75 Å². The third kappa shape index (κ3) is 1.55. The summed E-state index contributed by atoms with van der Waals surface area (Å²) in [5.74, 6) is 0.858. The summed E-state index contributed by atoms with van der Waals surface area (Å²) >= 11 is 3.47. The van der Waals surface area contributed by atoms with E-state index in [-0.39, 0.29) is 5.54 Å². The van der Waals surface area contributed by atoms with E-state index in [0.717, 1.165) is 23.1 Å². The molecule has 2 rings (SSSR count). The van der Waals surface area contributed by atoms with Gasteiger partial charge >= 0.3 is 0 Å². The minimum atomic E-state index is -0.0885. The zero-order valence-electron chi connectivity index (χ0n) is 8.22. The van der Waals surface area contributed by atoms with Gasteiger partial charge in [0.15, 0.2) is 0 Å². The molecule has 1 aromatic rings. The molecule has 0 heterocycles. The summed E-state index contributed by atoms with van der Waals surface area (Å²) < 4.78 is 6.16. The number of ether oxygens (including phenoxy) is 1. The molecular formula is C11H14BrNO. The Labute approximate surface area is 92.6 Å². The Morgan fingerprint density at radius 3 is 2.57 bits per heavy atom. The topological polar surface area (TPSA) is 35.2 Å². The SMILES string of the molecule is COc1ccc(C2(N)CCC2)cc1Br. The van der Waals surface area contributed by atoms with Crippen LogP contribution in [0.4, 0.5) is 0 Å². The van der Waals surface area contributed by atoms with Crippen molar-refractivity contribution in [2.45, 2.75) is 24.8 Å². The highest BCUT2D eigenvalue weighted by Gasteiger charge is 2.34. The van der Waals surface area contributed by atoms with Crippen LogP contribution >= 0.6 is 15.9 Å². The normalized spacial score (nSPS) is 18.8. The van der Waals surface area contributed by atoms with Gasteiger partial charge in [0.2, 0.25) is 0 Å². The highest BCUT2D eigenvalue weighted by Crippen LogP contribution is 2.40. The van der Waals surface area contributed by atoms with Crippen LogP contribution < -0.4 is 10.5 Å². The van der Waals surface area contributed by atoms with Gasteiger partial charge in [-0.3, -0.25) is 0 Å². The van der Waals surface area contributed by atoms with Crippen molar-refractivity contribution in [2.24, 2.45) is 5.73 Å². The van der Waals surface area contributed by atoms with Gasteiger partial charge in [0.05, 0.1) is 11.6 Å². The summed E-state index contributed by atoms with van der Waals surface area (Å²) in [5.41, 5.74) is 7.34. The van der Waals surface area contributed by atoms with E-state index in [1.807, 2.05) is 6.07 Å². The zero-order chi connectivity index (χ0) is 10.2. The fourth-order valence-electron chi connectivity index (χ4n) is 1.82. The minimum Gasteiger partial charge on any atom is -0.496 e. The Morgan fingerprint density at radius 1 is 1.43 bits per heavy atom. The maximum absolute atomic E-state index is 6.22. The number of hydrogen-bond donors (Lipinski definition) is 1. The number of nitrogens with two attached hydrogens (primary N) is 1. The third-order valence-electron chi connectivity index (χ3n) is 2.97. The Kier molecular flexibility index (Phi) is 2.54. The largest absolute Gasteiger partial charge is 0.496 e. The lowest BCUT2D eigenvalue weighted by Gasteiger charge is -2.38. The highest BCUT2D eigenvalue weighted by atomic mass is 79.9. The fourth-order valence-corrected chi connectivity index (χ4v) is 2.36. The molecule has 3 heteroatoms. The van der Waals surface area contributed by atoms with Crippen molar-refractivity contribution in [1.82, 2.24) is 0 Å². The van der Waals surface area contributed by atoms with E-state index >= 15 is 0 Å². The van der Waals surface area contributed by atoms with Crippen LogP contribution in [0, 0.1) is 0 Å². The van der Waals surface area contributed by atoms with Crippen molar-refractivity contribution in [3.63, 3.8) is 0 Å². The molecule has 1 fully saturated rings. The quantitative estimate of drug-likeness (QED) is 0.883. The Morgan fingerprint density at radius 2 is 2.14 bits per heavy atom. The van der Waals surface area contributed by atoms with Gasteiger partial charge < -0.3 is 10.5 Å². The molecule has 0 aromatic heterocycles. The minimum absolute atomic E-state index is 0.0885. The monoisotopic (exact) mass is 255 g/mol. The molecule has 14 heavy (non-hydrogen) atoms. The van der Waals surface area contributed by atoms with E-state index in [1.54, 1.807) is 7.11 Å². The lowest BCUT2D eigenvalue weighted by Crippen LogP contribution is -2.43. The Balaban J connectivity index is 2.32. The zero-order valence-corrected chi connectivity index (χ0v) is 9.80. The molecule has 0 amide bonds. The summed E-state index contributed by atoms with van der Waals surface area (Å²) in [6, 6.07) is 6.09. The summed E-state index contributed by atoms with van der Waals surface area (Å²) in [5, 5.41) is 0. The summed E-state index contributed by atoms with van der Waals surface area (Å²) in [4.78, 5) is 0. The van der Waals surface area contributed by atoms with Crippen LogP contribution in [0.25, 0.3) is 0 Å². The Bertz CT molecular complexity index is 347. The van der Waals surface area contributed by atoms with E-state index in [1.165, 1.54) is 12.0 Å². The molecule has 1 saturated carbocycles. The first-order valence-corrected chi connectivity index (χ1v) is 5.58. The van der Waals surface area contributed by atoms with Gasteiger partial charge in [-0.15, -0.1) is 0 Å². The molecule has 0 saturated heterocycles. The molecule has 2 nitrogen and oxygen atoms in total. The van der Waals surface area contributed by atoms with E-state index in [0.29, 0.717) is 0 Å². The first-order valence-electron chi connectivity index (χ1n) is 4.79. The molecule has 76 valence electrons. The number of benzene rings is 1. The second kappa shape index (κ2) is 3.55. The van der Waals surface area contributed by atoms with Gasteiger partial charge in [-0.1, -0.05) is 6.07 Å². The molecule has 2 N–H and O–H groups in total. The number of methoxy groups -OCH3 is 1. The smallest absolute Gasteiger partial charge is 0.133 e. The molecule has 0 spiro atoms. The van der Waals surface area contributed by atoms with Crippen LogP contribution in [0.15, 0.2) is 22.7 Å². The van der Waals surface area contributed by atoms with Gasteiger partial charge in [-0.2, -0.15) is 0 Å². The van der Waals surface area contributed by atoms with Crippen molar-refractivity contribution < 1.29 is 4.74 Å². The van der Waals surface area contributed by atoms with Crippen molar-refractivity contribution >= 4 is 15.9 Å². The molecule has 1 aromatic carbocycles. The predicted molar refractivity (Wildman–Crippen MR) is 60.4 cm³/mol. The van der Waals surface area contributed by atoms with Crippen molar-refractivity contribution in [1.29, 1.82) is 0 Å². The third-order valence-corrected chi connectivity index (χ3v) is 3.59. The number of hydrogen-bond acceptors (Lipinski definition) is 2. The molecule has 0 bridgehead atoms. The molecular weight excluding hydrogens is 242 g/mol. The van der Waals surface area contributed by atoms with Gasteiger partial charge in [-0.25, -0.2) is 0 Å². The van der Waals surface area contributed by atoms with Gasteiger partial charge in [-0.05, 0) is 52.9 Å². The second-order valence-corrected chi connectivity index (χ2v) is 4.71. The molecule has 1 aliphatic carbocycles. The average Bonchev–Trinajstić information content (AvgIpc) is 2.14. The summed E-state index contributed by atoms with van der Waals surface area (Å²) in [6.07, 6.45) is 3.41. The van der Waals surface area contributed by atoms with Crippen LogP contribution in [0.2, 0.25) is 0 Å². The summed E-state index contributed by atoms with van der Waals surface area (Å²) in [7, 11) is 1.67. The Hall–Kier alpha value is -0.540. The second-order valence-electron chi connectivity index (χ2n) is 3.86. The fraction of sp³-hybridized carbons (Fsp3) is 0.455. The van der Waals surface area contributed by atoms with Crippen molar-refractivity contribution in [3.05, 3.63) is 28.2 Å². The highest BCUT2D eigenvalue weighted by molar-refractivity contribution is 9.10. The first kappa shape index (κ1) is 9.99.